The second-order valence-electron chi connectivity index (χ2n) is 6.48. The summed E-state index contributed by atoms with van der Waals surface area (Å²) in [5.41, 5.74) is 2.17. The molecule has 0 saturated heterocycles. The van der Waals surface area contributed by atoms with Crippen molar-refractivity contribution in [2.75, 3.05) is 11.9 Å². The first-order chi connectivity index (χ1) is 13.5. The van der Waals surface area contributed by atoms with E-state index >= 15 is 0 Å². The monoisotopic (exact) mass is 437 g/mol. The standard InChI is InChI=1S/C21H16BrN3O3/c22-14-8-9-15-16(12-14)21(28)25(20(15)27)11-3-7-18(26)24-17-6-1-4-13-5-2-10-23-19(13)17/h1-2,4-6,8-10,12H,3,7,11H2,(H,24,26). The average Bonchev–Trinajstić information content (AvgIpc) is 2.92. The maximum Gasteiger partial charge on any atom is 0.261 e. The highest BCUT2D eigenvalue weighted by molar-refractivity contribution is 9.10. The van der Waals surface area contributed by atoms with Crippen molar-refractivity contribution in [1.82, 2.24) is 9.88 Å². The molecule has 1 aliphatic heterocycles. The van der Waals surface area contributed by atoms with E-state index in [0.29, 0.717) is 23.2 Å². The average molecular weight is 438 g/mol. The number of carbonyl (C=O) groups excluding carboxylic acids is 3. The first-order valence-corrected chi connectivity index (χ1v) is 9.63. The van der Waals surface area contributed by atoms with Crippen LogP contribution >= 0.6 is 15.9 Å². The molecule has 1 N–H and O–H groups in total. The van der Waals surface area contributed by atoms with Crippen molar-refractivity contribution in [3.8, 4) is 0 Å². The molecule has 4 rings (SSSR count). The summed E-state index contributed by atoms with van der Waals surface area (Å²) in [6, 6.07) is 14.4. The minimum atomic E-state index is -0.319. The molecule has 1 aliphatic rings. The third-order valence-electron chi connectivity index (χ3n) is 4.63. The lowest BCUT2D eigenvalue weighted by Crippen LogP contribution is -2.31. The Bertz CT molecular complexity index is 1110. The molecule has 0 atom stereocenters. The summed E-state index contributed by atoms with van der Waals surface area (Å²) in [5, 5.41) is 3.80. The number of halogens is 1. The van der Waals surface area contributed by atoms with Gasteiger partial charge >= 0.3 is 0 Å². The van der Waals surface area contributed by atoms with Crippen molar-refractivity contribution in [3.05, 3.63) is 70.3 Å². The number of hydrogen-bond donors (Lipinski definition) is 1. The highest BCUT2D eigenvalue weighted by Gasteiger charge is 2.35. The Morgan fingerprint density at radius 2 is 1.82 bits per heavy atom. The first-order valence-electron chi connectivity index (χ1n) is 8.84. The number of fused-ring (bicyclic) bond motifs is 2. The van der Waals surface area contributed by atoms with E-state index in [2.05, 4.69) is 26.2 Å². The van der Waals surface area contributed by atoms with Gasteiger partial charge in [-0.25, -0.2) is 0 Å². The van der Waals surface area contributed by atoms with Crippen LogP contribution in [0.1, 0.15) is 33.6 Å². The van der Waals surface area contributed by atoms with E-state index in [1.54, 1.807) is 30.5 Å². The van der Waals surface area contributed by atoms with Crippen LogP contribution in [0.4, 0.5) is 5.69 Å². The van der Waals surface area contributed by atoms with E-state index < -0.39 is 0 Å². The van der Waals surface area contributed by atoms with Crippen LogP contribution in [0.15, 0.2) is 59.2 Å². The molecule has 3 amide bonds. The van der Waals surface area contributed by atoms with Crippen molar-refractivity contribution in [3.63, 3.8) is 0 Å². The van der Waals surface area contributed by atoms with Crippen molar-refractivity contribution in [1.29, 1.82) is 0 Å². The molecule has 0 saturated carbocycles. The molecule has 28 heavy (non-hydrogen) atoms. The Kier molecular flexibility index (Phi) is 4.92. The van der Waals surface area contributed by atoms with Crippen LogP contribution in [0.25, 0.3) is 10.9 Å². The largest absolute Gasteiger partial charge is 0.324 e. The fourth-order valence-corrected chi connectivity index (χ4v) is 3.64. The van der Waals surface area contributed by atoms with E-state index in [4.69, 9.17) is 0 Å². The smallest absolute Gasteiger partial charge is 0.261 e. The normalized spacial score (nSPS) is 13.1. The Balaban J connectivity index is 1.37. The molecule has 0 aliphatic carbocycles. The molecule has 1 aromatic heterocycles. The van der Waals surface area contributed by atoms with Crippen molar-refractivity contribution in [2.24, 2.45) is 0 Å². The lowest BCUT2D eigenvalue weighted by molar-refractivity contribution is -0.116. The van der Waals surface area contributed by atoms with Crippen LogP contribution < -0.4 is 5.32 Å². The van der Waals surface area contributed by atoms with Gasteiger partial charge in [-0.15, -0.1) is 0 Å². The molecule has 140 valence electrons. The molecule has 2 heterocycles. The number of rotatable bonds is 5. The van der Waals surface area contributed by atoms with Crippen molar-refractivity contribution < 1.29 is 14.4 Å². The van der Waals surface area contributed by atoms with Gasteiger partial charge in [0.15, 0.2) is 0 Å². The minimum Gasteiger partial charge on any atom is -0.324 e. The molecule has 7 heteroatoms. The number of para-hydroxylation sites is 1. The predicted molar refractivity (Wildman–Crippen MR) is 109 cm³/mol. The zero-order valence-corrected chi connectivity index (χ0v) is 16.4. The van der Waals surface area contributed by atoms with Gasteiger partial charge < -0.3 is 5.32 Å². The van der Waals surface area contributed by atoms with Crippen LogP contribution in [-0.4, -0.2) is 34.2 Å². The number of nitrogens with zero attached hydrogens (tertiary/aromatic N) is 2. The summed E-state index contributed by atoms with van der Waals surface area (Å²) in [4.78, 5) is 42.7. The van der Waals surface area contributed by atoms with Gasteiger partial charge in [-0.2, -0.15) is 0 Å². The van der Waals surface area contributed by atoms with Gasteiger partial charge in [0.25, 0.3) is 11.8 Å². The fourth-order valence-electron chi connectivity index (χ4n) is 3.28. The molecule has 2 aromatic carbocycles. The number of nitrogens with one attached hydrogen (secondary N) is 1. The number of benzene rings is 2. The molecular weight excluding hydrogens is 422 g/mol. The lowest BCUT2D eigenvalue weighted by Gasteiger charge is -2.13. The van der Waals surface area contributed by atoms with Gasteiger partial charge in [-0.1, -0.05) is 34.1 Å². The minimum absolute atomic E-state index is 0.183. The van der Waals surface area contributed by atoms with Crippen LogP contribution in [0.3, 0.4) is 0 Å². The van der Waals surface area contributed by atoms with E-state index in [1.165, 1.54) is 4.90 Å². The van der Waals surface area contributed by atoms with Gasteiger partial charge in [0.1, 0.15) is 0 Å². The van der Waals surface area contributed by atoms with Crippen LogP contribution in [-0.2, 0) is 4.79 Å². The third-order valence-corrected chi connectivity index (χ3v) is 5.12. The topological polar surface area (TPSA) is 79.4 Å². The quantitative estimate of drug-likeness (QED) is 0.611. The summed E-state index contributed by atoms with van der Waals surface area (Å²) in [6.07, 6.45) is 2.26. The van der Waals surface area contributed by atoms with Crippen LogP contribution in [0.2, 0.25) is 0 Å². The summed E-state index contributed by atoms with van der Waals surface area (Å²) >= 11 is 3.31. The highest BCUT2D eigenvalue weighted by atomic mass is 79.9. The predicted octanol–water partition coefficient (Wildman–Crippen LogP) is 4.01. The number of aromatic nitrogens is 1. The summed E-state index contributed by atoms with van der Waals surface area (Å²) < 4.78 is 0.748. The second kappa shape index (κ2) is 7.52. The molecule has 0 bridgehead atoms. The first kappa shape index (κ1) is 18.3. The van der Waals surface area contributed by atoms with Gasteiger partial charge in [0.05, 0.1) is 22.3 Å². The third kappa shape index (κ3) is 3.41. The fraction of sp³-hybridized carbons (Fsp3) is 0.143. The maximum atomic E-state index is 12.4. The van der Waals surface area contributed by atoms with Gasteiger partial charge in [0, 0.05) is 29.0 Å². The highest BCUT2D eigenvalue weighted by Crippen LogP contribution is 2.26. The molecule has 3 aromatic rings. The van der Waals surface area contributed by atoms with Crippen LogP contribution in [0, 0.1) is 0 Å². The zero-order chi connectivity index (χ0) is 19.7. The van der Waals surface area contributed by atoms with E-state index in [-0.39, 0.29) is 30.7 Å². The summed E-state index contributed by atoms with van der Waals surface area (Å²) in [5.74, 6) is -0.816. The maximum absolute atomic E-state index is 12.4. The van der Waals surface area contributed by atoms with E-state index in [1.807, 2.05) is 24.3 Å². The van der Waals surface area contributed by atoms with Gasteiger partial charge in [-0.3, -0.25) is 24.3 Å². The molecular formula is C21H16BrN3O3. The van der Waals surface area contributed by atoms with Crippen LogP contribution in [0.5, 0.6) is 0 Å². The number of imide groups is 1. The van der Waals surface area contributed by atoms with E-state index in [9.17, 15) is 14.4 Å². The zero-order valence-electron chi connectivity index (χ0n) is 14.8. The molecule has 0 radical (unpaired) electrons. The molecule has 0 unspecified atom stereocenters. The number of anilines is 1. The van der Waals surface area contributed by atoms with E-state index in [0.717, 1.165) is 15.4 Å². The Hall–Kier alpha value is -3.06. The number of hydrogen-bond acceptors (Lipinski definition) is 4. The van der Waals surface area contributed by atoms with Crippen molar-refractivity contribution in [2.45, 2.75) is 12.8 Å². The number of amides is 3. The van der Waals surface area contributed by atoms with Crippen molar-refractivity contribution >= 4 is 50.2 Å². The SMILES string of the molecule is O=C(CCCN1C(=O)c2ccc(Br)cc2C1=O)Nc1cccc2cccnc12. The summed E-state index contributed by atoms with van der Waals surface area (Å²) in [6.45, 7) is 0.200. The molecule has 0 spiro atoms. The summed E-state index contributed by atoms with van der Waals surface area (Å²) in [7, 11) is 0. The Morgan fingerprint density at radius 1 is 1.04 bits per heavy atom. The second-order valence-corrected chi connectivity index (χ2v) is 7.40. The Morgan fingerprint density at radius 3 is 2.68 bits per heavy atom. The van der Waals surface area contributed by atoms with Gasteiger partial charge in [0.2, 0.25) is 5.91 Å². The Labute approximate surface area is 169 Å². The number of pyridine rings is 1. The number of carbonyl (C=O) groups is 3. The lowest BCUT2D eigenvalue weighted by atomic mass is 10.1. The van der Waals surface area contributed by atoms with Gasteiger partial charge in [-0.05, 0) is 36.8 Å². The molecule has 6 nitrogen and oxygen atoms in total. The molecule has 0 fully saturated rings.